The van der Waals surface area contributed by atoms with E-state index in [1.807, 2.05) is 0 Å². The van der Waals surface area contributed by atoms with E-state index in [0.29, 0.717) is 0 Å². The van der Waals surface area contributed by atoms with Gasteiger partial charge in [-0.15, -0.1) is 12.4 Å². The molecular formula is C8H14ClN. The standard InChI is InChI=1S/C8H10.ClH.H3N/c1-7-5-3-4-6-8(7)2;;/h3-6H,1-2H3;1H;1H3. The Kier molecular flexibility index (Phi) is 6.42. The van der Waals surface area contributed by atoms with Crippen molar-refractivity contribution in [1.82, 2.24) is 6.15 Å². The summed E-state index contributed by atoms with van der Waals surface area (Å²) in [7, 11) is 0. The molecule has 1 aromatic rings. The van der Waals surface area contributed by atoms with Gasteiger partial charge in [0.15, 0.2) is 0 Å². The molecule has 0 bridgehead atoms. The van der Waals surface area contributed by atoms with Crippen molar-refractivity contribution in [3.05, 3.63) is 35.4 Å². The first-order valence-corrected chi connectivity index (χ1v) is 2.83. The highest BCUT2D eigenvalue weighted by Gasteiger charge is 1.83. The lowest BCUT2D eigenvalue weighted by Crippen LogP contribution is -1.74. The molecule has 1 rings (SSSR count). The Balaban J connectivity index is 0. The maximum absolute atomic E-state index is 2.12. The van der Waals surface area contributed by atoms with Crippen LogP contribution in [0, 0.1) is 13.8 Å². The number of rotatable bonds is 0. The van der Waals surface area contributed by atoms with E-state index < -0.39 is 0 Å². The van der Waals surface area contributed by atoms with Crippen molar-refractivity contribution in [3.8, 4) is 0 Å². The molecule has 58 valence electrons. The molecule has 0 saturated carbocycles. The third kappa shape index (κ3) is 2.85. The zero-order valence-electron chi connectivity index (χ0n) is 6.42. The minimum atomic E-state index is 0. The normalized spacial score (nSPS) is 7.40. The van der Waals surface area contributed by atoms with E-state index in [9.17, 15) is 0 Å². The quantitative estimate of drug-likeness (QED) is 0.621. The van der Waals surface area contributed by atoms with Crippen LogP contribution in [-0.2, 0) is 0 Å². The molecule has 0 heterocycles. The second-order valence-electron chi connectivity index (χ2n) is 2.08. The average Bonchev–Trinajstić information content (AvgIpc) is 1.77. The van der Waals surface area contributed by atoms with E-state index in [2.05, 4.69) is 38.1 Å². The molecule has 0 aliphatic heterocycles. The number of aryl methyl sites for hydroxylation is 2. The van der Waals surface area contributed by atoms with Crippen LogP contribution in [0.15, 0.2) is 24.3 Å². The Bertz CT molecular complexity index is 165. The van der Waals surface area contributed by atoms with Gasteiger partial charge in [0, 0.05) is 0 Å². The Labute approximate surface area is 68.5 Å². The molecule has 0 saturated heterocycles. The summed E-state index contributed by atoms with van der Waals surface area (Å²) in [6.07, 6.45) is 0. The third-order valence-corrected chi connectivity index (χ3v) is 1.43. The predicted molar refractivity (Wildman–Crippen MR) is 48.2 cm³/mol. The molecule has 1 nitrogen and oxygen atoms in total. The summed E-state index contributed by atoms with van der Waals surface area (Å²) in [4.78, 5) is 0. The van der Waals surface area contributed by atoms with E-state index in [4.69, 9.17) is 0 Å². The van der Waals surface area contributed by atoms with Gasteiger partial charge in [0.05, 0.1) is 0 Å². The Hall–Kier alpha value is -0.530. The smallest absolute Gasteiger partial charge is 0.0395 e. The maximum atomic E-state index is 2.12. The monoisotopic (exact) mass is 159 g/mol. The SMILES string of the molecule is Cc1ccccc1C.Cl.N. The van der Waals surface area contributed by atoms with Crippen LogP contribution >= 0.6 is 12.4 Å². The molecule has 0 radical (unpaired) electrons. The van der Waals surface area contributed by atoms with Gasteiger partial charge in [-0.1, -0.05) is 24.3 Å². The number of hydrogen-bond acceptors (Lipinski definition) is 1. The molecule has 10 heavy (non-hydrogen) atoms. The molecule has 0 amide bonds. The van der Waals surface area contributed by atoms with Crippen molar-refractivity contribution in [3.63, 3.8) is 0 Å². The largest absolute Gasteiger partial charge is 0.344 e. The van der Waals surface area contributed by atoms with Crippen molar-refractivity contribution in [2.75, 3.05) is 0 Å². The molecule has 0 spiro atoms. The molecule has 0 aliphatic rings. The van der Waals surface area contributed by atoms with Crippen LogP contribution in [0.5, 0.6) is 0 Å². The van der Waals surface area contributed by atoms with Crippen LogP contribution in [0.1, 0.15) is 11.1 Å². The van der Waals surface area contributed by atoms with Gasteiger partial charge in [-0.05, 0) is 25.0 Å². The van der Waals surface area contributed by atoms with Crippen molar-refractivity contribution in [2.45, 2.75) is 13.8 Å². The lowest BCUT2D eigenvalue weighted by molar-refractivity contribution is 1.34. The number of benzene rings is 1. The van der Waals surface area contributed by atoms with Gasteiger partial charge in [0.2, 0.25) is 0 Å². The first-order valence-electron chi connectivity index (χ1n) is 2.83. The summed E-state index contributed by atoms with van der Waals surface area (Å²) in [5.41, 5.74) is 2.74. The Morgan fingerprint density at radius 2 is 1.20 bits per heavy atom. The minimum absolute atomic E-state index is 0. The van der Waals surface area contributed by atoms with Crippen LogP contribution in [0.25, 0.3) is 0 Å². The summed E-state index contributed by atoms with van der Waals surface area (Å²) in [5, 5.41) is 0. The van der Waals surface area contributed by atoms with Crippen LogP contribution in [-0.4, -0.2) is 0 Å². The van der Waals surface area contributed by atoms with Gasteiger partial charge in [-0.3, -0.25) is 0 Å². The molecule has 3 N–H and O–H groups in total. The molecule has 0 unspecified atom stereocenters. The minimum Gasteiger partial charge on any atom is -0.344 e. The van der Waals surface area contributed by atoms with Gasteiger partial charge in [-0.25, -0.2) is 0 Å². The van der Waals surface area contributed by atoms with Gasteiger partial charge in [-0.2, -0.15) is 0 Å². The summed E-state index contributed by atoms with van der Waals surface area (Å²) >= 11 is 0. The fraction of sp³-hybridized carbons (Fsp3) is 0.250. The van der Waals surface area contributed by atoms with E-state index in [1.54, 1.807) is 0 Å². The van der Waals surface area contributed by atoms with Gasteiger partial charge >= 0.3 is 0 Å². The molecule has 2 heteroatoms. The van der Waals surface area contributed by atoms with Crippen LogP contribution in [0.3, 0.4) is 0 Å². The first kappa shape index (κ1) is 12.2. The van der Waals surface area contributed by atoms with Crippen LogP contribution < -0.4 is 6.15 Å². The van der Waals surface area contributed by atoms with E-state index in [0.717, 1.165) is 0 Å². The second-order valence-corrected chi connectivity index (χ2v) is 2.08. The van der Waals surface area contributed by atoms with E-state index in [1.165, 1.54) is 11.1 Å². The van der Waals surface area contributed by atoms with E-state index >= 15 is 0 Å². The molecule has 1 aromatic carbocycles. The highest BCUT2D eigenvalue weighted by molar-refractivity contribution is 5.85. The summed E-state index contributed by atoms with van der Waals surface area (Å²) in [6.45, 7) is 4.24. The highest BCUT2D eigenvalue weighted by Crippen LogP contribution is 2.02. The third-order valence-electron chi connectivity index (χ3n) is 1.43. The van der Waals surface area contributed by atoms with Gasteiger partial charge in [0.1, 0.15) is 0 Å². The Morgan fingerprint density at radius 1 is 0.900 bits per heavy atom. The zero-order valence-corrected chi connectivity index (χ0v) is 7.24. The molecule has 0 atom stereocenters. The molecular weight excluding hydrogens is 146 g/mol. The van der Waals surface area contributed by atoms with Crippen molar-refractivity contribution >= 4 is 12.4 Å². The predicted octanol–water partition coefficient (Wildman–Crippen LogP) is 2.89. The molecule has 0 aliphatic carbocycles. The topological polar surface area (TPSA) is 35.0 Å². The van der Waals surface area contributed by atoms with Gasteiger partial charge in [0.25, 0.3) is 0 Å². The van der Waals surface area contributed by atoms with Crippen molar-refractivity contribution in [1.29, 1.82) is 0 Å². The molecule has 0 aromatic heterocycles. The number of hydrogen-bond donors (Lipinski definition) is 1. The van der Waals surface area contributed by atoms with E-state index in [-0.39, 0.29) is 18.6 Å². The Morgan fingerprint density at radius 3 is 1.40 bits per heavy atom. The van der Waals surface area contributed by atoms with Crippen LogP contribution in [0.4, 0.5) is 0 Å². The fourth-order valence-corrected chi connectivity index (χ4v) is 0.663. The summed E-state index contributed by atoms with van der Waals surface area (Å²) in [6, 6.07) is 8.36. The van der Waals surface area contributed by atoms with Crippen molar-refractivity contribution in [2.24, 2.45) is 0 Å². The fourth-order valence-electron chi connectivity index (χ4n) is 0.663. The maximum Gasteiger partial charge on any atom is -0.0395 e. The number of halogens is 1. The average molecular weight is 160 g/mol. The lowest BCUT2D eigenvalue weighted by Gasteiger charge is -1.93. The molecule has 0 fully saturated rings. The highest BCUT2D eigenvalue weighted by atomic mass is 35.5. The van der Waals surface area contributed by atoms with Crippen molar-refractivity contribution < 1.29 is 0 Å². The van der Waals surface area contributed by atoms with Gasteiger partial charge < -0.3 is 6.15 Å². The zero-order chi connectivity index (χ0) is 5.98. The van der Waals surface area contributed by atoms with Crippen LogP contribution in [0.2, 0.25) is 0 Å². The summed E-state index contributed by atoms with van der Waals surface area (Å²) in [5.74, 6) is 0. The first-order chi connectivity index (χ1) is 3.80. The lowest BCUT2D eigenvalue weighted by atomic mass is 10.1. The summed E-state index contributed by atoms with van der Waals surface area (Å²) < 4.78 is 0. The second kappa shape index (κ2) is 5.27.